The van der Waals surface area contributed by atoms with Crippen molar-refractivity contribution < 1.29 is 19.1 Å². The molecule has 0 radical (unpaired) electrons. The SMILES string of the molecule is CCCCCCCCCOC(=O)c1cccc(C(=O)OCC(C)CC)c1. The number of carbonyl (C=O) groups excluding carboxylic acids is 2. The van der Waals surface area contributed by atoms with Crippen LogP contribution in [0, 0.1) is 5.92 Å². The Kier molecular flexibility index (Phi) is 11.4. The molecule has 26 heavy (non-hydrogen) atoms. The van der Waals surface area contributed by atoms with E-state index in [9.17, 15) is 9.59 Å². The van der Waals surface area contributed by atoms with Crippen LogP contribution >= 0.6 is 0 Å². The van der Waals surface area contributed by atoms with Crippen LogP contribution in [-0.2, 0) is 9.47 Å². The number of unbranched alkanes of at least 4 members (excludes halogenated alkanes) is 6. The van der Waals surface area contributed by atoms with E-state index in [0.29, 0.717) is 30.3 Å². The molecule has 0 bridgehead atoms. The van der Waals surface area contributed by atoms with Gasteiger partial charge in [0, 0.05) is 0 Å². The van der Waals surface area contributed by atoms with Crippen molar-refractivity contribution in [3.05, 3.63) is 35.4 Å². The molecule has 146 valence electrons. The number of hydrogen-bond acceptors (Lipinski definition) is 4. The summed E-state index contributed by atoms with van der Waals surface area (Å²) < 4.78 is 10.6. The number of carbonyl (C=O) groups is 2. The van der Waals surface area contributed by atoms with Crippen LogP contribution in [0.2, 0.25) is 0 Å². The van der Waals surface area contributed by atoms with Crippen molar-refractivity contribution in [2.45, 2.75) is 72.1 Å². The van der Waals surface area contributed by atoms with Crippen LogP contribution in [0.3, 0.4) is 0 Å². The summed E-state index contributed by atoms with van der Waals surface area (Å²) >= 11 is 0. The molecule has 0 aliphatic rings. The van der Waals surface area contributed by atoms with Crippen molar-refractivity contribution in [1.29, 1.82) is 0 Å². The minimum atomic E-state index is -0.396. The number of benzene rings is 1. The second kappa shape index (κ2) is 13.4. The van der Waals surface area contributed by atoms with Crippen molar-refractivity contribution in [1.82, 2.24) is 0 Å². The van der Waals surface area contributed by atoms with Crippen LogP contribution in [0.1, 0.15) is 92.9 Å². The zero-order chi connectivity index (χ0) is 19.2. The van der Waals surface area contributed by atoms with Crippen molar-refractivity contribution in [2.75, 3.05) is 13.2 Å². The lowest BCUT2D eigenvalue weighted by Gasteiger charge is -2.10. The third-order valence-electron chi connectivity index (χ3n) is 4.51. The maximum atomic E-state index is 12.1. The van der Waals surface area contributed by atoms with Crippen LogP contribution in [0.5, 0.6) is 0 Å². The molecular weight excluding hydrogens is 328 g/mol. The molecule has 0 heterocycles. The molecule has 0 saturated carbocycles. The Morgan fingerprint density at radius 2 is 1.46 bits per heavy atom. The lowest BCUT2D eigenvalue weighted by molar-refractivity contribution is 0.0447. The van der Waals surface area contributed by atoms with Crippen molar-refractivity contribution in [3.63, 3.8) is 0 Å². The summed E-state index contributed by atoms with van der Waals surface area (Å²) in [5, 5.41) is 0. The summed E-state index contributed by atoms with van der Waals surface area (Å²) in [5.41, 5.74) is 0.782. The van der Waals surface area contributed by atoms with Gasteiger partial charge < -0.3 is 9.47 Å². The quantitative estimate of drug-likeness (QED) is 0.329. The molecule has 0 fully saturated rings. The Morgan fingerprint density at radius 3 is 2.08 bits per heavy atom. The smallest absolute Gasteiger partial charge is 0.338 e. The van der Waals surface area contributed by atoms with Gasteiger partial charge in [0.25, 0.3) is 0 Å². The fourth-order valence-corrected chi connectivity index (χ4v) is 2.50. The van der Waals surface area contributed by atoms with Gasteiger partial charge in [-0.2, -0.15) is 0 Å². The van der Waals surface area contributed by atoms with E-state index in [1.807, 2.05) is 6.92 Å². The highest BCUT2D eigenvalue weighted by Gasteiger charge is 2.13. The highest BCUT2D eigenvalue weighted by molar-refractivity contribution is 5.95. The monoisotopic (exact) mass is 362 g/mol. The summed E-state index contributed by atoms with van der Waals surface area (Å²) in [6.45, 7) is 7.11. The normalized spacial score (nSPS) is 11.8. The molecular formula is C22H34O4. The fraction of sp³-hybridized carbons (Fsp3) is 0.636. The standard InChI is InChI=1S/C22H34O4/c1-4-6-7-8-9-10-11-15-25-21(23)19-13-12-14-20(16-19)22(24)26-17-18(3)5-2/h12-14,16,18H,4-11,15,17H2,1-3H3. The molecule has 1 aromatic carbocycles. The molecule has 4 heteroatoms. The lowest BCUT2D eigenvalue weighted by atomic mass is 10.1. The largest absolute Gasteiger partial charge is 0.462 e. The number of hydrogen-bond donors (Lipinski definition) is 0. The van der Waals surface area contributed by atoms with E-state index in [4.69, 9.17) is 9.47 Å². The van der Waals surface area contributed by atoms with Crippen molar-refractivity contribution in [3.8, 4) is 0 Å². The van der Waals surface area contributed by atoms with Crippen LogP contribution in [0.15, 0.2) is 24.3 Å². The van der Waals surface area contributed by atoms with Crippen molar-refractivity contribution in [2.24, 2.45) is 5.92 Å². The maximum Gasteiger partial charge on any atom is 0.338 e. The van der Waals surface area contributed by atoms with Gasteiger partial charge in [-0.15, -0.1) is 0 Å². The zero-order valence-corrected chi connectivity index (χ0v) is 16.6. The molecule has 1 atom stereocenters. The highest BCUT2D eigenvalue weighted by atomic mass is 16.5. The molecule has 0 aliphatic carbocycles. The minimum Gasteiger partial charge on any atom is -0.462 e. The summed E-state index contributed by atoms with van der Waals surface area (Å²) in [7, 11) is 0. The van der Waals surface area contributed by atoms with Gasteiger partial charge in [0.05, 0.1) is 24.3 Å². The fourth-order valence-electron chi connectivity index (χ4n) is 2.50. The average Bonchev–Trinajstić information content (AvgIpc) is 2.67. The van der Waals surface area contributed by atoms with Gasteiger partial charge in [0.1, 0.15) is 0 Å². The molecule has 0 N–H and O–H groups in total. The second-order valence-corrected chi connectivity index (χ2v) is 6.95. The Bertz CT molecular complexity index is 539. The van der Waals surface area contributed by atoms with Crippen LogP contribution in [0.25, 0.3) is 0 Å². The van der Waals surface area contributed by atoms with Gasteiger partial charge in [0.15, 0.2) is 0 Å². The summed E-state index contributed by atoms with van der Waals surface area (Å²) in [6, 6.07) is 6.56. The average molecular weight is 363 g/mol. The predicted octanol–water partition coefficient (Wildman–Crippen LogP) is 5.80. The molecule has 0 amide bonds. The van der Waals surface area contributed by atoms with E-state index in [1.165, 1.54) is 32.1 Å². The molecule has 0 aromatic heterocycles. The van der Waals surface area contributed by atoms with Crippen molar-refractivity contribution >= 4 is 11.9 Å². The Balaban J connectivity index is 2.34. The van der Waals surface area contributed by atoms with E-state index in [2.05, 4.69) is 13.8 Å². The number of ether oxygens (including phenoxy) is 2. The molecule has 1 rings (SSSR count). The van der Waals surface area contributed by atoms with E-state index in [1.54, 1.807) is 24.3 Å². The molecule has 1 unspecified atom stereocenters. The summed E-state index contributed by atoms with van der Waals surface area (Å²) in [4.78, 5) is 24.2. The van der Waals surface area contributed by atoms with Gasteiger partial charge in [-0.3, -0.25) is 0 Å². The summed E-state index contributed by atoms with van der Waals surface area (Å²) in [6.07, 6.45) is 9.20. The van der Waals surface area contributed by atoms with Crippen LogP contribution in [0.4, 0.5) is 0 Å². The third-order valence-corrected chi connectivity index (χ3v) is 4.51. The van der Waals surface area contributed by atoms with Gasteiger partial charge in [-0.1, -0.05) is 71.8 Å². The first-order valence-corrected chi connectivity index (χ1v) is 10.0. The Hall–Kier alpha value is -1.84. The molecule has 1 aromatic rings. The van der Waals surface area contributed by atoms with E-state index >= 15 is 0 Å². The first kappa shape index (κ1) is 22.2. The first-order valence-electron chi connectivity index (χ1n) is 10.0. The Labute approximate surface area is 158 Å². The lowest BCUT2D eigenvalue weighted by Crippen LogP contribution is -2.13. The van der Waals surface area contributed by atoms with E-state index < -0.39 is 5.97 Å². The highest BCUT2D eigenvalue weighted by Crippen LogP contribution is 2.11. The predicted molar refractivity (Wildman–Crippen MR) is 104 cm³/mol. The van der Waals surface area contributed by atoms with Gasteiger partial charge in [-0.05, 0) is 30.5 Å². The topological polar surface area (TPSA) is 52.6 Å². The third kappa shape index (κ3) is 9.02. The molecule has 0 aliphatic heterocycles. The molecule has 4 nitrogen and oxygen atoms in total. The zero-order valence-electron chi connectivity index (χ0n) is 16.6. The Morgan fingerprint density at radius 1 is 0.885 bits per heavy atom. The molecule has 0 spiro atoms. The minimum absolute atomic E-state index is 0.328. The molecule has 0 saturated heterocycles. The maximum absolute atomic E-state index is 12.1. The van der Waals surface area contributed by atoms with Gasteiger partial charge >= 0.3 is 11.9 Å². The second-order valence-electron chi connectivity index (χ2n) is 6.95. The first-order chi connectivity index (χ1) is 12.6. The number of rotatable bonds is 13. The van der Waals surface area contributed by atoms with Gasteiger partial charge in [0.2, 0.25) is 0 Å². The van der Waals surface area contributed by atoms with E-state index in [-0.39, 0.29) is 5.97 Å². The van der Waals surface area contributed by atoms with Gasteiger partial charge in [-0.25, -0.2) is 9.59 Å². The number of esters is 2. The summed E-state index contributed by atoms with van der Waals surface area (Å²) in [5.74, 6) is -0.450. The van der Waals surface area contributed by atoms with Crippen LogP contribution in [-0.4, -0.2) is 25.2 Å². The van der Waals surface area contributed by atoms with Crippen LogP contribution < -0.4 is 0 Å². The van der Waals surface area contributed by atoms with E-state index in [0.717, 1.165) is 19.3 Å².